The first-order chi connectivity index (χ1) is 16.8. The lowest BCUT2D eigenvalue weighted by atomic mass is 9.55. The number of hydrogen-bond donors (Lipinski definition) is 2. The molecule has 2 saturated carbocycles. The van der Waals surface area contributed by atoms with Crippen molar-refractivity contribution in [3.63, 3.8) is 0 Å². The zero-order valence-corrected chi connectivity index (χ0v) is 22.1. The van der Waals surface area contributed by atoms with Crippen LogP contribution in [-0.4, -0.2) is 57.3 Å². The Balaban J connectivity index is 1.28. The van der Waals surface area contributed by atoms with Gasteiger partial charge >= 0.3 is 11.9 Å². The molecule has 0 aromatic rings. The van der Waals surface area contributed by atoms with Gasteiger partial charge in [-0.15, -0.1) is 0 Å². The van der Waals surface area contributed by atoms with E-state index >= 15 is 0 Å². The van der Waals surface area contributed by atoms with Gasteiger partial charge in [0.15, 0.2) is 0 Å². The van der Waals surface area contributed by atoms with E-state index in [0.29, 0.717) is 18.4 Å². The van der Waals surface area contributed by atoms with E-state index in [1.165, 1.54) is 5.57 Å². The molecular weight excluding hydrogens is 460 g/mol. The van der Waals surface area contributed by atoms with Gasteiger partial charge < -0.3 is 24.4 Å². The molecule has 7 heteroatoms. The Bertz CT molecular complexity index is 1060. The van der Waals surface area contributed by atoms with Crippen LogP contribution in [0.1, 0.15) is 79.6 Å². The molecule has 0 radical (unpaired) electrons. The smallest absolute Gasteiger partial charge is 0.334 e. The number of allylic oxidation sites excluding steroid dienone is 1. The van der Waals surface area contributed by atoms with E-state index in [9.17, 15) is 19.8 Å². The van der Waals surface area contributed by atoms with Crippen LogP contribution in [0.15, 0.2) is 23.3 Å². The third-order valence-electron chi connectivity index (χ3n) is 11.1. The molecule has 7 nitrogen and oxygen atoms in total. The number of fused-ring (bicyclic) bond motifs is 3. The Morgan fingerprint density at radius 1 is 1.14 bits per heavy atom. The van der Waals surface area contributed by atoms with Gasteiger partial charge in [0.1, 0.15) is 17.8 Å². The summed E-state index contributed by atoms with van der Waals surface area (Å²) in [7, 11) is 0. The van der Waals surface area contributed by atoms with Crippen LogP contribution in [0.4, 0.5) is 0 Å². The van der Waals surface area contributed by atoms with Crippen LogP contribution >= 0.6 is 0 Å². The first-order valence-corrected chi connectivity index (χ1v) is 13.7. The summed E-state index contributed by atoms with van der Waals surface area (Å²) in [5.74, 6) is -0.417. The van der Waals surface area contributed by atoms with E-state index in [0.717, 1.165) is 25.7 Å². The van der Waals surface area contributed by atoms with Crippen molar-refractivity contribution in [3.05, 3.63) is 23.3 Å². The minimum Gasteiger partial charge on any atom is -0.456 e. The van der Waals surface area contributed by atoms with Crippen molar-refractivity contribution in [2.24, 2.45) is 29.1 Å². The fraction of sp³-hybridized carbons (Fsp3) is 0.793. The summed E-state index contributed by atoms with van der Waals surface area (Å²) in [5.41, 5.74) is -0.416. The van der Waals surface area contributed by atoms with Crippen molar-refractivity contribution in [1.29, 1.82) is 0 Å². The van der Waals surface area contributed by atoms with Crippen LogP contribution in [0.2, 0.25) is 0 Å². The summed E-state index contributed by atoms with van der Waals surface area (Å²) in [6.07, 6.45) is 6.98. The lowest BCUT2D eigenvalue weighted by Crippen LogP contribution is -2.54. The van der Waals surface area contributed by atoms with Gasteiger partial charge in [0.25, 0.3) is 0 Å². The van der Waals surface area contributed by atoms with E-state index in [1.807, 2.05) is 0 Å². The van der Waals surface area contributed by atoms with Crippen LogP contribution in [0, 0.1) is 29.1 Å². The largest absolute Gasteiger partial charge is 0.456 e. The van der Waals surface area contributed by atoms with Gasteiger partial charge in [-0.25, -0.2) is 4.79 Å². The van der Waals surface area contributed by atoms with Gasteiger partial charge in [0, 0.05) is 23.8 Å². The average molecular weight is 501 g/mol. The van der Waals surface area contributed by atoms with E-state index in [1.54, 1.807) is 13.0 Å². The molecule has 2 saturated heterocycles. The maximum absolute atomic E-state index is 12.4. The zero-order valence-electron chi connectivity index (χ0n) is 22.1. The van der Waals surface area contributed by atoms with Crippen LogP contribution in [0.5, 0.6) is 0 Å². The second-order valence-corrected chi connectivity index (χ2v) is 13.3. The second kappa shape index (κ2) is 7.67. The number of cyclic esters (lactones) is 1. The normalized spacial score (nSPS) is 48.5. The highest BCUT2D eigenvalue weighted by atomic mass is 16.6. The molecule has 2 N–H and O–H groups in total. The number of rotatable bonds is 3. The maximum Gasteiger partial charge on any atom is 0.334 e. The highest BCUT2D eigenvalue weighted by Gasteiger charge is 2.70. The molecule has 0 aromatic heterocycles. The fourth-order valence-electron chi connectivity index (χ4n) is 9.27. The lowest BCUT2D eigenvalue weighted by Gasteiger charge is -2.52. The zero-order chi connectivity index (χ0) is 25.8. The topological polar surface area (TPSA) is 102 Å². The highest BCUT2D eigenvalue weighted by Crippen LogP contribution is 2.66. The molecule has 0 amide bonds. The van der Waals surface area contributed by atoms with Gasteiger partial charge in [-0.2, -0.15) is 0 Å². The molecule has 4 fully saturated rings. The fourth-order valence-corrected chi connectivity index (χ4v) is 9.27. The second-order valence-electron chi connectivity index (χ2n) is 13.3. The quantitative estimate of drug-likeness (QED) is 0.451. The van der Waals surface area contributed by atoms with Crippen molar-refractivity contribution in [3.8, 4) is 0 Å². The number of esters is 2. The SMILES string of the molecule is CC1=CC(C(O)C(C)C2CC=C3C4CCC5C(C)(C)OC6CC(=O)OC65CC4(O)CCC32C)OC1=O. The molecule has 0 bridgehead atoms. The van der Waals surface area contributed by atoms with Crippen molar-refractivity contribution < 1.29 is 34.0 Å². The summed E-state index contributed by atoms with van der Waals surface area (Å²) < 4.78 is 17.9. The summed E-state index contributed by atoms with van der Waals surface area (Å²) in [5, 5.41) is 23.4. The molecule has 198 valence electrons. The van der Waals surface area contributed by atoms with Gasteiger partial charge in [-0.05, 0) is 76.2 Å². The standard InChI is InChI=1S/C29H40O7/c1-15-12-20(34-25(15)32)24(31)16(2)17-6-7-18-19-8-9-21-26(3,4)35-22-13-23(30)36-29(21,22)14-28(19,33)11-10-27(17,18)5/h7,12,16-17,19-22,24,31,33H,6,8-11,13-14H2,1-5H3. The van der Waals surface area contributed by atoms with Crippen molar-refractivity contribution in [1.82, 2.24) is 0 Å². The Kier molecular flexibility index (Phi) is 5.25. The Morgan fingerprint density at radius 3 is 2.58 bits per heavy atom. The van der Waals surface area contributed by atoms with Crippen molar-refractivity contribution in [2.75, 3.05) is 0 Å². The summed E-state index contributed by atoms with van der Waals surface area (Å²) in [6, 6.07) is 0. The van der Waals surface area contributed by atoms with Gasteiger partial charge in [-0.1, -0.05) is 25.5 Å². The van der Waals surface area contributed by atoms with E-state index in [-0.39, 0.29) is 53.6 Å². The maximum atomic E-state index is 12.4. The highest BCUT2D eigenvalue weighted by molar-refractivity contribution is 5.90. The molecule has 10 unspecified atom stereocenters. The number of aliphatic hydroxyl groups excluding tert-OH is 1. The average Bonchev–Trinajstić information content (AvgIpc) is 3.42. The van der Waals surface area contributed by atoms with Crippen LogP contribution in [-0.2, 0) is 23.8 Å². The summed E-state index contributed by atoms with van der Waals surface area (Å²) >= 11 is 0. The Labute approximate surface area is 213 Å². The first-order valence-electron chi connectivity index (χ1n) is 13.7. The molecule has 6 rings (SSSR count). The molecule has 3 aliphatic carbocycles. The summed E-state index contributed by atoms with van der Waals surface area (Å²) in [4.78, 5) is 24.3. The Morgan fingerprint density at radius 2 is 1.89 bits per heavy atom. The number of aliphatic hydroxyl groups is 2. The predicted molar refractivity (Wildman–Crippen MR) is 131 cm³/mol. The Hall–Kier alpha value is -1.70. The molecule has 1 spiro atoms. The lowest BCUT2D eigenvalue weighted by molar-refractivity contribution is -0.163. The third kappa shape index (κ3) is 3.21. The number of carbonyl (C=O) groups is 2. The molecule has 3 heterocycles. The number of ether oxygens (including phenoxy) is 3. The van der Waals surface area contributed by atoms with E-state index in [2.05, 4.69) is 33.8 Å². The van der Waals surface area contributed by atoms with Crippen molar-refractivity contribution in [2.45, 2.75) is 115 Å². The first kappa shape index (κ1) is 24.6. The molecule has 0 aromatic carbocycles. The van der Waals surface area contributed by atoms with E-state index < -0.39 is 29.0 Å². The minimum atomic E-state index is -0.954. The van der Waals surface area contributed by atoms with Gasteiger partial charge in [0.05, 0.1) is 23.7 Å². The molecule has 36 heavy (non-hydrogen) atoms. The van der Waals surface area contributed by atoms with Gasteiger partial charge in [0.2, 0.25) is 0 Å². The molecule has 6 aliphatic rings. The van der Waals surface area contributed by atoms with Crippen LogP contribution in [0.3, 0.4) is 0 Å². The predicted octanol–water partition coefficient (Wildman–Crippen LogP) is 3.61. The van der Waals surface area contributed by atoms with Crippen LogP contribution in [0.25, 0.3) is 0 Å². The number of carbonyl (C=O) groups excluding carboxylic acids is 2. The van der Waals surface area contributed by atoms with Gasteiger partial charge in [-0.3, -0.25) is 4.79 Å². The molecule has 10 atom stereocenters. The number of hydrogen-bond acceptors (Lipinski definition) is 7. The summed E-state index contributed by atoms with van der Waals surface area (Å²) in [6.45, 7) is 10.3. The monoisotopic (exact) mass is 500 g/mol. The van der Waals surface area contributed by atoms with Crippen molar-refractivity contribution >= 4 is 11.9 Å². The molecule has 3 aliphatic heterocycles. The van der Waals surface area contributed by atoms with Crippen LogP contribution < -0.4 is 0 Å². The molecular formula is C29H40O7. The van der Waals surface area contributed by atoms with E-state index in [4.69, 9.17) is 14.2 Å². The third-order valence-corrected chi connectivity index (χ3v) is 11.1. The minimum absolute atomic E-state index is 0.00670.